The highest BCUT2D eigenvalue weighted by molar-refractivity contribution is 6.17. The van der Waals surface area contributed by atoms with Crippen LogP contribution in [0.3, 0.4) is 0 Å². The van der Waals surface area contributed by atoms with Crippen molar-refractivity contribution in [3.05, 3.63) is 176 Å². The van der Waals surface area contributed by atoms with E-state index in [0.29, 0.717) is 17.5 Å². The molecule has 0 unspecified atom stereocenters. The first-order chi connectivity index (χ1) is 28.2. The van der Waals surface area contributed by atoms with E-state index in [0.717, 1.165) is 105 Å². The molecule has 0 aliphatic rings. The lowest BCUT2D eigenvalue weighted by Gasteiger charge is -2.10. The van der Waals surface area contributed by atoms with Crippen LogP contribution < -0.4 is 0 Å². The predicted molar refractivity (Wildman–Crippen MR) is 229 cm³/mol. The molecule has 0 aliphatic heterocycles. The second-order valence-electron chi connectivity index (χ2n) is 14.3. The molecule has 0 aliphatic carbocycles. The molecule has 0 fully saturated rings. The minimum absolute atomic E-state index is 0.591. The fraction of sp³-hybridized carbons (Fsp3) is 0. The van der Waals surface area contributed by atoms with E-state index in [1.165, 1.54) is 0 Å². The molecule has 0 N–H and O–H groups in total. The van der Waals surface area contributed by atoms with Gasteiger partial charge in [-0.25, -0.2) is 15.0 Å². The Bertz CT molecular complexity index is 3520. The molecular formula is C51H29N3O3. The van der Waals surface area contributed by atoms with E-state index in [9.17, 15) is 0 Å². The highest BCUT2D eigenvalue weighted by atomic mass is 16.3. The number of hydrogen-bond acceptors (Lipinski definition) is 6. The summed E-state index contributed by atoms with van der Waals surface area (Å²) in [6.07, 6.45) is 0. The Morgan fingerprint density at radius 3 is 1.51 bits per heavy atom. The summed E-state index contributed by atoms with van der Waals surface area (Å²) < 4.78 is 19.1. The van der Waals surface area contributed by atoms with Crippen molar-refractivity contribution in [1.29, 1.82) is 0 Å². The maximum atomic E-state index is 6.67. The summed E-state index contributed by atoms with van der Waals surface area (Å²) in [6.45, 7) is 0. The Kier molecular flexibility index (Phi) is 6.83. The molecule has 0 amide bonds. The average molecular weight is 732 g/mol. The Morgan fingerprint density at radius 1 is 0.281 bits per heavy atom. The number of hydrogen-bond donors (Lipinski definition) is 0. The fourth-order valence-corrected chi connectivity index (χ4v) is 8.20. The minimum atomic E-state index is 0.591. The molecule has 8 aromatic carbocycles. The second kappa shape index (κ2) is 12.3. The van der Waals surface area contributed by atoms with Crippen LogP contribution in [0.4, 0.5) is 0 Å². The van der Waals surface area contributed by atoms with Gasteiger partial charge in [0, 0.05) is 54.6 Å². The zero-order valence-electron chi connectivity index (χ0n) is 30.3. The van der Waals surface area contributed by atoms with Gasteiger partial charge in [-0.05, 0) is 71.3 Å². The Morgan fingerprint density at radius 2 is 0.772 bits per heavy atom. The molecule has 57 heavy (non-hydrogen) atoms. The van der Waals surface area contributed by atoms with Crippen LogP contribution in [0.25, 0.3) is 122 Å². The third-order valence-corrected chi connectivity index (χ3v) is 11.0. The lowest BCUT2D eigenvalue weighted by molar-refractivity contribution is 0.668. The highest BCUT2D eigenvalue weighted by Crippen LogP contribution is 2.43. The summed E-state index contributed by atoms with van der Waals surface area (Å²) in [4.78, 5) is 15.0. The van der Waals surface area contributed by atoms with Gasteiger partial charge in [0.05, 0.1) is 0 Å². The number of furan rings is 3. The molecule has 6 nitrogen and oxygen atoms in total. The van der Waals surface area contributed by atoms with E-state index >= 15 is 0 Å². The monoisotopic (exact) mass is 731 g/mol. The van der Waals surface area contributed by atoms with Crippen LogP contribution in [0.5, 0.6) is 0 Å². The van der Waals surface area contributed by atoms with Gasteiger partial charge in [-0.3, -0.25) is 0 Å². The lowest BCUT2D eigenvalue weighted by Crippen LogP contribution is -2.00. The molecule has 0 radical (unpaired) electrons. The lowest BCUT2D eigenvalue weighted by atomic mass is 9.94. The molecule has 12 rings (SSSR count). The summed E-state index contributed by atoms with van der Waals surface area (Å²) in [5.74, 6) is 1.79. The average Bonchev–Trinajstić information content (AvgIpc) is 3.97. The maximum Gasteiger partial charge on any atom is 0.164 e. The van der Waals surface area contributed by atoms with Crippen LogP contribution in [0.15, 0.2) is 189 Å². The summed E-state index contributed by atoms with van der Waals surface area (Å²) in [5.41, 5.74) is 12.0. The van der Waals surface area contributed by atoms with Crippen LogP contribution in [0.1, 0.15) is 0 Å². The summed E-state index contributed by atoms with van der Waals surface area (Å²) >= 11 is 0. The Hall–Kier alpha value is -7.83. The maximum absolute atomic E-state index is 6.67. The van der Waals surface area contributed by atoms with E-state index in [4.69, 9.17) is 28.2 Å². The van der Waals surface area contributed by atoms with E-state index < -0.39 is 0 Å². The number of benzene rings is 8. The molecule has 266 valence electrons. The molecule has 4 heterocycles. The number of para-hydroxylation sites is 3. The first-order valence-corrected chi connectivity index (χ1v) is 18.9. The standard InChI is InChI=1S/C51H29N3O3/c1-2-10-31(11-3-1)49-52-50(54-51(53-49)34-23-27-45-41(28-34)38-13-5-8-16-43(38)55-45)32-20-18-30(19-21-32)36-26-25-35(47-40-14-6-9-17-44(40)57-48(36)47)33-22-24-39-37-12-4-7-15-42(37)56-46(39)29-33/h1-29H. The zero-order valence-corrected chi connectivity index (χ0v) is 30.3. The number of nitrogens with zero attached hydrogens (tertiary/aromatic N) is 3. The molecule has 0 spiro atoms. The third kappa shape index (κ3) is 5.08. The number of fused-ring (bicyclic) bond motifs is 9. The van der Waals surface area contributed by atoms with Gasteiger partial charge in [0.1, 0.15) is 33.5 Å². The topological polar surface area (TPSA) is 78.1 Å². The quantitative estimate of drug-likeness (QED) is 0.175. The largest absolute Gasteiger partial charge is 0.456 e. The summed E-state index contributed by atoms with van der Waals surface area (Å²) in [5, 5.41) is 6.44. The van der Waals surface area contributed by atoms with Crippen LogP contribution >= 0.6 is 0 Å². The van der Waals surface area contributed by atoms with Crippen LogP contribution in [0, 0.1) is 0 Å². The van der Waals surface area contributed by atoms with Crippen molar-refractivity contribution in [2.75, 3.05) is 0 Å². The SMILES string of the molecule is c1ccc(-c2nc(-c3ccc(-c4ccc(-c5ccc6c(c5)oc5ccccc56)c5c4oc4ccccc45)cc3)nc(-c3ccc4oc5ccccc5c4c3)n2)cc1. The third-order valence-electron chi connectivity index (χ3n) is 11.0. The Balaban J connectivity index is 0.973. The molecule has 0 bridgehead atoms. The van der Waals surface area contributed by atoms with Gasteiger partial charge in [-0.15, -0.1) is 0 Å². The normalized spacial score (nSPS) is 11.9. The Labute approximate surface area is 325 Å². The molecule has 0 saturated carbocycles. The van der Waals surface area contributed by atoms with Gasteiger partial charge in [-0.1, -0.05) is 121 Å². The minimum Gasteiger partial charge on any atom is -0.456 e. The molecule has 6 heteroatoms. The summed E-state index contributed by atoms with van der Waals surface area (Å²) in [6, 6.07) is 59.9. The van der Waals surface area contributed by atoms with E-state index in [-0.39, 0.29) is 0 Å². The molecular weight excluding hydrogens is 703 g/mol. The number of rotatable bonds is 5. The van der Waals surface area contributed by atoms with E-state index in [2.05, 4.69) is 84.9 Å². The van der Waals surface area contributed by atoms with Crippen LogP contribution in [-0.2, 0) is 0 Å². The molecule has 4 aromatic heterocycles. The smallest absolute Gasteiger partial charge is 0.164 e. The van der Waals surface area contributed by atoms with Gasteiger partial charge >= 0.3 is 0 Å². The van der Waals surface area contributed by atoms with Crippen molar-refractivity contribution in [3.63, 3.8) is 0 Å². The van der Waals surface area contributed by atoms with Crippen molar-refractivity contribution >= 4 is 65.8 Å². The highest BCUT2D eigenvalue weighted by Gasteiger charge is 2.19. The molecule has 12 aromatic rings. The van der Waals surface area contributed by atoms with Crippen LogP contribution in [0.2, 0.25) is 0 Å². The fourth-order valence-electron chi connectivity index (χ4n) is 8.20. The van der Waals surface area contributed by atoms with Gasteiger partial charge in [-0.2, -0.15) is 0 Å². The van der Waals surface area contributed by atoms with E-state index in [1.807, 2.05) is 91.0 Å². The molecule has 0 atom stereocenters. The van der Waals surface area contributed by atoms with Crippen molar-refractivity contribution in [2.45, 2.75) is 0 Å². The number of aromatic nitrogens is 3. The van der Waals surface area contributed by atoms with Crippen molar-refractivity contribution < 1.29 is 13.3 Å². The van der Waals surface area contributed by atoms with E-state index in [1.54, 1.807) is 0 Å². The van der Waals surface area contributed by atoms with Gasteiger partial charge in [0.15, 0.2) is 17.5 Å². The van der Waals surface area contributed by atoms with Crippen LogP contribution in [-0.4, -0.2) is 15.0 Å². The van der Waals surface area contributed by atoms with Crippen molar-refractivity contribution in [3.8, 4) is 56.4 Å². The summed E-state index contributed by atoms with van der Waals surface area (Å²) in [7, 11) is 0. The zero-order chi connectivity index (χ0) is 37.5. The second-order valence-corrected chi connectivity index (χ2v) is 14.3. The molecule has 0 saturated heterocycles. The van der Waals surface area contributed by atoms with Gasteiger partial charge in [0.2, 0.25) is 0 Å². The first kappa shape index (κ1) is 31.5. The van der Waals surface area contributed by atoms with Gasteiger partial charge in [0.25, 0.3) is 0 Å². The van der Waals surface area contributed by atoms with Crippen molar-refractivity contribution in [2.24, 2.45) is 0 Å². The van der Waals surface area contributed by atoms with Crippen molar-refractivity contribution in [1.82, 2.24) is 15.0 Å². The van der Waals surface area contributed by atoms with Gasteiger partial charge < -0.3 is 13.3 Å². The first-order valence-electron chi connectivity index (χ1n) is 18.9. The predicted octanol–water partition coefficient (Wildman–Crippen LogP) is 13.9.